The van der Waals surface area contributed by atoms with Crippen LogP contribution in [0.15, 0.2) is 23.3 Å². The number of pyridine rings is 1. The number of guanidine groups is 1. The Morgan fingerprint density at radius 3 is 2.93 bits per heavy atom. The number of aliphatic imine (C=N–C) groups is 1. The van der Waals surface area contributed by atoms with Crippen LogP contribution < -0.4 is 10.1 Å². The van der Waals surface area contributed by atoms with Gasteiger partial charge in [-0.1, -0.05) is 6.07 Å². The van der Waals surface area contributed by atoms with Crippen LogP contribution in [0, 0.1) is 5.92 Å². The zero-order valence-corrected chi connectivity index (χ0v) is 19.9. The van der Waals surface area contributed by atoms with Crippen LogP contribution in [0.4, 0.5) is 0 Å². The summed E-state index contributed by atoms with van der Waals surface area (Å²) in [5.74, 6) is 1.14. The van der Waals surface area contributed by atoms with E-state index in [-0.39, 0.29) is 35.9 Å². The summed E-state index contributed by atoms with van der Waals surface area (Å²) in [6, 6.07) is 3.83. The zero-order valence-electron chi connectivity index (χ0n) is 17.6. The number of likely N-dealkylation sites (tertiary alicyclic amines) is 1. The van der Waals surface area contributed by atoms with Crippen molar-refractivity contribution >= 4 is 35.9 Å². The van der Waals surface area contributed by atoms with Gasteiger partial charge in [0.1, 0.15) is 6.61 Å². The molecule has 1 aromatic heterocycles. The number of halogens is 1. The molecule has 1 aromatic rings. The Labute approximate surface area is 190 Å². The molecule has 1 atom stereocenters. The normalized spacial score (nSPS) is 16.7. The molecule has 2 rings (SSSR count). The van der Waals surface area contributed by atoms with Gasteiger partial charge in [-0.15, -0.1) is 24.0 Å². The number of esters is 1. The monoisotopic (exact) mass is 520 g/mol. The third-order valence-corrected chi connectivity index (χ3v) is 4.45. The van der Waals surface area contributed by atoms with Crippen LogP contribution >= 0.6 is 24.0 Å². The standard InChI is InChI=1S/C20H32N4O4.HI/c1-4-21-20(24-11-7-9-17(15-24)19(25)27-5-2)23-14-16-8-6-10-22-18(16)28-13-12-26-3;/h6,8,10,17H,4-5,7,9,11-15H2,1-3H3,(H,21,23);1H. The van der Waals surface area contributed by atoms with Crippen molar-refractivity contribution in [3.63, 3.8) is 0 Å². The quantitative estimate of drug-likeness (QED) is 0.176. The van der Waals surface area contributed by atoms with Crippen molar-refractivity contribution in [2.24, 2.45) is 10.9 Å². The molecule has 1 aliphatic heterocycles. The van der Waals surface area contributed by atoms with Crippen molar-refractivity contribution in [3.05, 3.63) is 23.9 Å². The van der Waals surface area contributed by atoms with Gasteiger partial charge >= 0.3 is 5.97 Å². The fourth-order valence-electron chi connectivity index (χ4n) is 3.10. The van der Waals surface area contributed by atoms with Crippen LogP contribution in [-0.2, 0) is 20.8 Å². The molecule has 0 bridgehead atoms. The maximum absolute atomic E-state index is 12.1. The summed E-state index contributed by atoms with van der Waals surface area (Å²) >= 11 is 0. The van der Waals surface area contributed by atoms with Crippen LogP contribution in [0.5, 0.6) is 5.88 Å². The summed E-state index contributed by atoms with van der Waals surface area (Å²) in [7, 11) is 1.64. The molecule has 1 unspecified atom stereocenters. The number of carbonyl (C=O) groups excluding carboxylic acids is 1. The molecular formula is C20H33IN4O4. The van der Waals surface area contributed by atoms with Gasteiger partial charge in [-0.05, 0) is 32.8 Å². The lowest BCUT2D eigenvalue weighted by Crippen LogP contribution is -2.48. The largest absolute Gasteiger partial charge is 0.475 e. The van der Waals surface area contributed by atoms with Crippen LogP contribution in [0.3, 0.4) is 0 Å². The summed E-state index contributed by atoms with van der Waals surface area (Å²) in [4.78, 5) is 23.3. The number of ether oxygens (including phenoxy) is 3. The molecule has 0 radical (unpaired) electrons. The lowest BCUT2D eigenvalue weighted by molar-refractivity contribution is -0.149. The van der Waals surface area contributed by atoms with Crippen molar-refractivity contribution in [1.29, 1.82) is 0 Å². The Bertz CT molecular complexity index is 645. The van der Waals surface area contributed by atoms with Crippen molar-refractivity contribution in [1.82, 2.24) is 15.2 Å². The van der Waals surface area contributed by atoms with Crippen LogP contribution in [0.1, 0.15) is 32.3 Å². The molecule has 0 saturated carbocycles. The molecule has 29 heavy (non-hydrogen) atoms. The average Bonchev–Trinajstić information content (AvgIpc) is 2.72. The summed E-state index contributed by atoms with van der Waals surface area (Å²) < 4.78 is 15.9. The number of piperidine rings is 1. The topological polar surface area (TPSA) is 85.3 Å². The highest BCUT2D eigenvalue weighted by molar-refractivity contribution is 14.0. The molecule has 1 fully saturated rings. The van der Waals surface area contributed by atoms with Crippen molar-refractivity contribution < 1.29 is 19.0 Å². The molecule has 0 amide bonds. The van der Waals surface area contributed by atoms with Gasteiger partial charge in [-0.3, -0.25) is 4.79 Å². The first-order chi connectivity index (χ1) is 13.7. The molecule has 1 saturated heterocycles. The lowest BCUT2D eigenvalue weighted by Gasteiger charge is -2.34. The second-order valence-electron chi connectivity index (χ2n) is 6.52. The van der Waals surface area contributed by atoms with E-state index in [1.165, 1.54) is 0 Å². The Hall–Kier alpha value is -1.62. The first-order valence-corrected chi connectivity index (χ1v) is 9.95. The van der Waals surface area contributed by atoms with Gasteiger partial charge in [0.15, 0.2) is 5.96 Å². The van der Waals surface area contributed by atoms with Gasteiger partial charge in [0, 0.05) is 38.5 Å². The first-order valence-electron chi connectivity index (χ1n) is 9.95. The van der Waals surface area contributed by atoms with E-state index in [2.05, 4.69) is 15.2 Å². The molecule has 1 aliphatic rings. The fraction of sp³-hybridized carbons (Fsp3) is 0.650. The minimum Gasteiger partial charge on any atom is -0.475 e. The number of aromatic nitrogens is 1. The van der Waals surface area contributed by atoms with Gasteiger partial charge in [0.05, 0.1) is 25.7 Å². The lowest BCUT2D eigenvalue weighted by atomic mass is 9.98. The molecule has 1 N–H and O–H groups in total. The first kappa shape index (κ1) is 25.4. The van der Waals surface area contributed by atoms with Crippen molar-refractivity contribution in [2.75, 3.05) is 46.6 Å². The number of hydrogen-bond acceptors (Lipinski definition) is 6. The highest BCUT2D eigenvalue weighted by atomic mass is 127. The van der Waals surface area contributed by atoms with E-state index in [1.807, 2.05) is 26.0 Å². The maximum Gasteiger partial charge on any atom is 0.310 e. The van der Waals surface area contributed by atoms with Crippen molar-refractivity contribution in [2.45, 2.75) is 33.2 Å². The molecule has 0 spiro atoms. The van der Waals surface area contributed by atoms with Crippen LogP contribution in [-0.4, -0.2) is 68.4 Å². The van der Waals surface area contributed by atoms with E-state index in [0.29, 0.717) is 38.8 Å². The number of hydrogen-bond donors (Lipinski definition) is 1. The number of nitrogens with zero attached hydrogens (tertiary/aromatic N) is 3. The van der Waals surface area contributed by atoms with Crippen LogP contribution in [0.2, 0.25) is 0 Å². The Balaban J connectivity index is 0.00000420. The molecule has 0 aliphatic carbocycles. The number of methoxy groups -OCH3 is 1. The van der Waals surface area contributed by atoms with E-state index in [0.717, 1.165) is 37.5 Å². The Morgan fingerprint density at radius 2 is 2.21 bits per heavy atom. The molecule has 2 heterocycles. The van der Waals surface area contributed by atoms with Gasteiger partial charge in [-0.2, -0.15) is 0 Å². The van der Waals surface area contributed by atoms with E-state index in [1.54, 1.807) is 13.3 Å². The van der Waals surface area contributed by atoms with Crippen molar-refractivity contribution in [3.8, 4) is 5.88 Å². The fourth-order valence-corrected chi connectivity index (χ4v) is 3.10. The van der Waals surface area contributed by atoms with Gasteiger partial charge in [0.2, 0.25) is 5.88 Å². The highest BCUT2D eigenvalue weighted by Gasteiger charge is 2.28. The number of nitrogens with one attached hydrogen (secondary N) is 1. The minimum atomic E-state index is -0.121. The SMILES string of the molecule is CCNC(=NCc1cccnc1OCCOC)N1CCCC(C(=O)OCC)C1.I. The Kier molecular flexibility index (Phi) is 12.6. The van der Waals surface area contributed by atoms with E-state index >= 15 is 0 Å². The second kappa shape index (κ2) is 14.4. The summed E-state index contributed by atoms with van der Waals surface area (Å²) in [6.07, 6.45) is 3.50. The van der Waals surface area contributed by atoms with Gasteiger partial charge in [-0.25, -0.2) is 9.98 Å². The minimum absolute atomic E-state index is 0. The Morgan fingerprint density at radius 1 is 1.38 bits per heavy atom. The highest BCUT2D eigenvalue weighted by Crippen LogP contribution is 2.19. The summed E-state index contributed by atoms with van der Waals surface area (Å²) in [5.41, 5.74) is 0.910. The number of carbonyl (C=O) groups is 1. The molecule has 0 aromatic carbocycles. The van der Waals surface area contributed by atoms with E-state index in [9.17, 15) is 4.79 Å². The summed E-state index contributed by atoms with van der Waals surface area (Å²) in [5, 5.41) is 3.33. The molecular weight excluding hydrogens is 487 g/mol. The average molecular weight is 520 g/mol. The molecule has 8 nitrogen and oxygen atoms in total. The van der Waals surface area contributed by atoms with Gasteiger partial charge < -0.3 is 24.4 Å². The number of rotatable bonds is 9. The third-order valence-electron chi connectivity index (χ3n) is 4.45. The zero-order chi connectivity index (χ0) is 20.2. The molecule has 164 valence electrons. The maximum atomic E-state index is 12.1. The molecule has 9 heteroatoms. The second-order valence-corrected chi connectivity index (χ2v) is 6.52. The smallest absolute Gasteiger partial charge is 0.310 e. The third kappa shape index (κ3) is 8.33. The van der Waals surface area contributed by atoms with E-state index in [4.69, 9.17) is 19.2 Å². The van der Waals surface area contributed by atoms with Crippen LogP contribution in [0.25, 0.3) is 0 Å². The van der Waals surface area contributed by atoms with E-state index < -0.39 is 0 Å². The predicted octanol–water partition coefficient (Wildman–Crippen LogP) is 2.47. The predicted molar refractivity (Wildman–Crippen MR) is 123 cm³/mol. The summed E-state index contributed by atoms with van der Waals surface area (Å²) in [6.45, 7) is 7.92. The van der Waals surface area contributed by atoms with Gasteiger partial charge in [0.25, 0.3) is 0 Å².